The van der Waals surface area contributed by atoms with Crippen molar-refractivity contribution >= 4 is 46.5 Å². The minimum atomic E-state index is -1.02. The number of hydrogen-bond acceptors (Lipinski definition) is 7. The quantitative estimate of drug-likeness (QED) is 0.402. The van der Waals surface area contributed by atoms with Crippen molar-refractivity contribution in [1.82, 2.24) is 5.32 Å². The fraction of sp³-hybridized carbons (Fsp3) is 0.0833. The smallest absolute Gasteiger partial charge is 0.338 e. The highest BCUT2D eigenvalue weighted by Crippen LogP contribution is 2.30. The van der Waals surface area contributed by atoms with Crippen molar-refractivity contribution in [2.75, 3.05) is 6.61 Å². The van der Waals surface area contributed by atoms with E-state index in [0.29, 0.717) is 39.5 Å². The number of aromatic carboxylic acids is 1. The standard InChI is InChI=1S/C24H18N2O6S/c1-2-31-23(30)16-5-3-14(4-6-16)19-12-11-18(32-19)13-20-21(27)26-24(33-20)25-17-9-7-15(8-10-17)22(28)29/h3-13H,2H2,1H3,(H,28,29)(H,25,26,27). The molecule has 9 heteroatoms. The third-order valence-electron chi connectivity index (χ3n) is 4.58. The number of aliphatic imine (C=N–C) groups is 1. The molecule has 0 radical (unpaired) electrons. The predicted molar refractivity (Wildman–Crippen MR) is 124 cm³/mol. The molecular weight excluding hydrogens is 444 g/mol. The first kappa shape index (κ1) is 22.1. The van der Waals surface area contributed by atoms with Crippen LogP contribution in [-0.2, 0) is 9.53 Å². The number of amides is 1. The second-order valence-corrected chi connectivity index (χ2v) is 7.86. The molecule has 2 N–H and O–H groups in total. The van der Waals surface area contributed by atoms with Gasteiger partial charge in [0.15, 0.2) is 5.17 Å². The number of carboxylic acid groups (broad SMARTS) is 1. The van der Waals surface area contributed by atoms with E-state index in [2.05, 4.69) is 10.3 Å². The average Bonchev–Trinajstić information content (AvgIpc) is 3.41. The molecule has 1 saturated heterocycles. The van der Waals surface area contributed by atoms with Crippen molar-refractivity contribution in [3.8, 4) is 11.3 Å². The van der Waals surface area contributed by atoms with Crippen LogP contribution in [0.5, 0.6) is 0 Å². The van der Waals surface area contributed by atoms with E-state index >= 15 is 0 Å². The molecule has 8 nitrogen and oxygen atoms in total. The van der Waals surface area contributed by atoms with E-state index < -0.39 is 5.97 Å². The molecule has 0 unspecified atom stereocenters. The summed E-state index contributed by atoms with van der Waals surface area (Å²) in [6.07, 6.45) is 1.62. The lowest BCUT2D eigenvalue weighted by Crippen LogP contribution is -2.19. The highest BCUT2D eigenvalue weighted by molar-refractivity contribution is 8.18. The van der Waals surface area contributed by atoms with E-state index in [1.807, 2.05) is 0 Å². The minimum absolute atomic E-state index is 0.159. The SMILES string of the molecule is CCOC(=O)c1ccc(-c2ccc(C=C3SC(=Nc4ccc(C(=O)O)cc4)NC3=O)o2)cc1. The van der Waals surface area contributed by atoms with Gasteiger partial charge in [-0.3, -0.25) is 4.79 Å². The molecule has 33 heavy (non-hydrogen) atoms. The highest BCUT2D eigenvalue weighted by atomic mass is 32.2. The number of carbonyl (C=O) groups is 3. The highest BCUT2D eigenvalue weighted by Gasteiger charge is 2.24. The van der Waals surface area contributed by atoms with Gasteiger partial charge in [0.25, 0.3) is 5.91 Å². The first-order valence-electron chi connectivity index (χ1n) is 9.93. The second-order valence-electron chi connectivity index (χ2n) is 6.83. The normalized spacial score (nSPS) is 15.6. The third kappa shape index (κ3) is 5.21. The number of ether oxygens (including phenoxy) is 1. The summed E-state index contributed by atoms with van der Waals surface area (Å²) in [6.45, 7) is 2.06. The van der Waals surface area contributed by atoms with E-state index in [-0.39, 0.29) is 17.4 Å². The van der Waals surface area contributed by atoms with Crippen molar-refractivity contribution in [3.63, 3.8) is 0 Å². The van der Waals surface area contributed by atoms with Gasteiger partial charge in [-0.2, -0.15) is 0 Å². The molecule has 0 bridgehead atoms. The second kappa shape index (κ2) is 9.58. The van der Waals surface area contributed by atoms with Gasteiger partial charge in [-0.1, -0.05) is 12.1 Å². The van der Waals surface area contributed by atoms with Gasteiger partial charge in [0.1, 0.15) is 11.5 Å². The maximum atomic E-state index is 12.3. The number of thioether (sulfide) groups is 1. The zero-order valence-corrected chi connectivity index (χ0v) is 18.2. The van der Waals surface area contributed by atoms with Gasteiger partial charge in [0.05, 0.1) is 28.3 Å². The molecule has 1 aliphatic heterocycles. The number of benzene rings is 2. The van der Waals surface area contributed by atoms with Crippen LogP contribution in [0.3, 0.4) is 0 Å². The number of furan rings is 1. The van der Waals surface area contributed by atoms with Crippen molar-refractivity contribution < 1.29 is 28.6 Å². The van der Waals surface area contributed by atoms with Crippen molar-refractivity contribution in [2.45, 2.75) is 6.92 Å². The number of nitrogens with zero attached hydrogens (tertiary/aromatic N) is 1. The predicted octanol–water partition coefficient (Wildman–Crippen LogP) is 4.71. The van der Waals surface area contributed by atoms with Crippen LogP contribution in [0.15, 0.2) is 75.0 Å². The van der Waals surface area contributed by atoms with E-state index in [9.17, 15) is 14.4 Å². The Morgan fingerprint density at radius 2 is 1.76 bits per heavy atom. The molecule has 166 valence electrons. The van der Waals surface area contributed by atoms with E-state index in [4.69, 9.17) is 14.3 Å². The number of carboxylic acids is 1. The van der Waals surface area contributed by atoms with Crippen LogP contribution >= 0.6 is 11.8 Å². The van der Waals surface area contributed by atoms with E-state index in [1.165, 1.54) is 12.1 Å². The zero-order chi connectivity index (χ0) is 23.4. The molecule has 1 aromatic heterocycles. The van der Waals surface area contributed by atoms with Gasteiger partial charge >= 0.3 is 11.9 Å². The van der Waals surface area contributed by atoms with Gasteiger partial charge in [0.2, 0.25) is 0 Å². The van der Waals surface area contributed by atoms with Gasteiger partial charge < -0.3 is 19.6 Å². The van der Waals surface area contributed by atoms with Crippen molar-refractivity contribution in [3.05, 3.63) is 82.5 Å². The fourth-order valence-corrected chi connectivity index (χ4v) is 3.80. The number of nitrogens with one attached hydrogen (secondary N) is 1. The molecule has 0 spiro atoms. The van der Waals surface area contributed by atoms with Crippen LogP contribution in [0.1, 0.15) is 33.4 Å². The number of hydrogen-bond donors (Lipinski definition) is 2. The summed E-state index contributed by atoms with van der Waals surface area (Å²) in [6, 6.07) is 16.4. The summed E-state index contributed by atoms with van der Waals surface area (Å²) in [7, 11) is 0. The molecule has 0 atom stereocenters. The summed E-state index contributed by atoms with van der Waals surface area (Å²) in [5.74, 6) is -0.626. The van der Waals surface area contributed by atoms with Crippen molar-refractivity contribution in [2.24, 2.45) is 4.99 Å². The molecule has 4 rings (SSSR count). The summed E-state index contributed by atoms with van der Waals surface area (Å²) in [5, 5.41) is 12.0. The number of carbonyl (C=O) groups excluding carboxylic acids is 2. The molecule has 2 aromatic carbocycles. The lowest BCUT2D eigenvalue weighted by atomic mass is 10.1. The van der Waals surface area contributed by atoms with E-state index in [1.54, 1.807) is 61.5 Å². The Kier molecular flexibility index (Phi) is 6.41. The summed E-state index contributed by atoms with van der Waals surface area (Å²) in [4.78, 5) is 39.8. The minimum Gasteiger partial charge on any atom is -0.478 e. The zero-order valence-electron chi connectivity index (χ0n) is 17.4. The van der Waals surface area contributed by atoms with Crippen LogP contribution in [0.25, 0.3) is 17.4 Å². The average molecular weight is 462 g/mol. The topological polar surface area (TPSA) is 118 Å². The summed E-state index contributed by atoms with van der Waals surface area (Å²) >= 11 is 1.16. The summed E-state index contributed by atoms with van der Waals surface area (Å²) < 4.78 is 10.8. The van der Waals surface area contributed by atoms with Gasteiger partial charge in [-0.05, 0) is 67.2 Å². The molecule has 1 amide bonds. The van der Waals surface area contributed by atoms with Gasteiger partial charge in [-0.15, -0.1) is 0 Å². The van der Waals surface area contributed by atoms with Crippen LogP contribution in [0.4, 0.5) is 5.69 Å². The molecule has 1 fully saturated rings. The Balaban J connectivity index is 1.47. The maximum Gasteiger partial charge on any atom is 0.338 e. The van der Waals surface area contributed by atoms with Gasteiger partial charge in [0, 0.05) is 11.6 Å². The fourth-order valence-electron chi connectivity index (χ4n) is 2.98. The van der Waals surface area contributed by atoms with Crippen LogP contribution in [-0.4, -0.2) is 34.7 Å². The molecule has 3 aromatic rings. The Morgan fingerprint density at radius 3 is 2.42 bits per heavy atom. The van der Waals surface area contributed by atoms with Gasteiger partial charge in [-0.25, -0.2) is 14.6 Å². The molecular formula is C24H18N2O6S. The van der Waals surface area contributed by atoms with Crippen LogP contribution in [0, 0.1) is 0 Å². The van der Waals surface area contributed by atoms with Crippen LogP contribution < -0.4 is 5.32 Å². The number of rotatable bonds is 6. The first-order valence-corrected chi connectivity index (χ1v) is 10.7. The lowest BCUT2D eigenvalue weighted by Gasteiger charge is -2.02. The largest absolute Gasteiger partial charge is 0.478 e. The Bertz CT molecular complexity index is 1270. The Labute approximate surface area is 193 Å². The van der Waals surface area contributed by atoms with E-state index in [0.717, 1.165) is 17.3 Å². The number of amidine groups is 1. The Hall–Kier alpha value is -4.11. The monoisotopic (exact) mass is 462 g/mol. The third-order valence-corrected chi connectivity index (χ3v) is 5.49. The number of esters is 1. The van der Waals surface area contributed by atoms with Crippen molar-refractivity contribution in [1.29, 1.82) is 0 Å². The van der Waals surface area contributed by atoms with Crippen LogP contribution in [0.2, 0.25) is 0 Å². The lowest BCUT2D eigenvalue weighted by molar-refractivity contribution is -0.115. The molecule has 0 saturated carbocycles. The first-order chi connectivity index (χ1) is 15.9. The molecule has 1 aliphatic rings. The Morgan fingerprint density at radius 1 is 1.06 bits per heavy atom. The summed E-state index contributed by atoms with van der Waals surface area (Å²) in [5.41, 5.74) is 1.92. The molecule has 2 heterocycles. The molecule has 0 aliphatic carbocycles. The maximum absolute atomic E-state index is 12.3.